The zero-order valence-corrected chi connectivity index (χ0v) is 18.7. The first-order valence-corrected chi connectivity index (χ1v) is 11.6. The highest BCUT2D eigenvalue weighted by molar-refractivity contribution is 5.82. The van der Waals surface area contributed by atoms with Crippen LogP contribution in [0.5, 0.6) is 5.75 Å². The minimum Gasteiger partial charge on any atom is -0.486 e. The van der Waals surface area contributed by atoms with E-state index in [2.05, 4.69) is 12.1 Å². The lowest BCUT2D eigenvalue weighted by molar-refractivity contribution is 0.0388. The number of morpholine rings is 1. The topological polar surface area (TPSA) is 77.2 Å². The molecule has 33 heavy (non-hydrogen) atoms. The first kappa shape index (κ1) is 21.6. The summed E-state index contributed by atoms with van der Waals surface area (Å²) in [5, 5.41) is 2.30. The van der Waals surface area contributed by atoms with Crippen LogP contribution in [0.3, 0.4) is 0 Å². The number of fused-ring (bicyclic) bond motifs is 1. The maximum atomic E-state index is 12.6. The lowest BCUT2D eigenvalue weighted by Gasteiger charge is -2.36. The highest BCUT2D eigenvalue weighted by Crippen LogP contribution is 2.20. The summed E-state index contributed by atoms with van der Waals surface area (Å²) in [6.45, 7) is 4.90. The maximum absolute atomic E-state index is 12.6. The Morgan fingerprint density at radius 3 is 2.33 bits per heavy atom. The number of amides is 2. The smallest absolute Gasteiger partial charge is 0.320 e. The highest BCUT2D eigenvalue weighted by atomic mass is 16.5. The molecule has 8 nitrogen and oxygen atoms in total. The Kier molecular flexibility index (Phi) is 6.35. The van der Waals surface area contributed by atoms with Gasteiger partial charge in [0.15, 0.2) is 0 Å². The van der Waals surface area contributed by atoms with Crippen LogP contribution in [0.4, 0.5) is 4.79 Å². The molecule has 4 heterocycles. The van der Waals surface area contributed by atoms with Crippen LogP contribution in [0.15, 0.2) is 58.2 Å². The van der Waals surface area contributed by atoms with Crippen molar-refractivity contribution in [1.82, 2.24) is 14.4 Å². The van der Waals surface area contributed by atoms with Crippen LogP contribution in [0.1, 0.15) is 18.6 Å². The molecule has 0 N–H and O–H groups in total. The Balaban J connectivity index is 1.11. The van der Waals surface area contributed by atoms with Crippen LogP contribution >= 0.6 is 0 Å². The van der Waals surface area contributed by atoms with Gasteiger partial charge in [0.1, 0.15) is 12.0 Å². The maximum Gasteiger partial charge on any atom is 0.320 e. The first-order valence-electron chi connectivity index (χ1n) is 11.6. The van der Waals surface area contributed by atoms with Crippen LogP contribution in [-0.2, 0) is 11.3 Å². The third-order valence-electron chi connectivity index (χ3n) is 6.44. The number of urea groups is 1. The van der Waals surface area contributed by atoms with Crippen LogP contribution in [0, 0.1) is 5.92 Å². The molecule has 0 aliphatic carbocycles. The Hall–Kier alpha value is -3.26. The average molecular weight is 452 g/mol. The second kappa shape index (κ2) is 9.70. The summed E-state index contributed by atoms with van der Waals surface area (Å²) in [5.74, 6) is 1.14. The van der Waals surface area contributed by atoms with E-state index in [9.17, 15) is 9.59 Å². The van der Waals surface area contributed by atoms with Gasteiger partial charge < -0.3 is 28.3 Å². The van der Waals surface area contributed by atoms with Crippen LogP contribution in [0.2, 0.25) is 0 Å². The average Bonchev–Trinajstić information content (AvgIpc) is 3.26. The minimum absolute atomic E-state index is 0.101. The lowest BCUT2D eigenvalue weighted by atomic mass is 9.98. The first-order chi connectivity index (χ1) is 16.2. The monoisotopic (exact) mass is 451 g/mol. The molecule has 3 aromatic rings. The molecule has 0 bridgehead atoms. The van der Waals surface area contributed by atoms with E-state index in [0.717, 1.165) is 23.6 Å². The molecule has 5 rings (SSSR count). The number of rotatable bonds is 5. The van der Waals surface area contributed by atoms with Gasteiger partial charge >= 0.3 is 6.03 Å². The molecule has 2 aliphatic heterocycles. The largest absolute Gasteiger partial charge is 0.486 e. The van der Waals surface area contributed by atoms with Crippen molar-refractivity contribution >= 4 is 16.8 Å². The second-order valence-corrected chi connectivity index (χ2v) is 8.76. The third kappa shape index (κ3) is 5.06. The Morgan fingerprint density at radius 1 is 1.00 bits per heavy atom. The molecule has 174 valence electrons. The van der Waals surface area contributed by atoms with Gasteiger partial charge in [-0.15, -0.1) is 0 Å². The predicted molar refractivity (Wildman–Crippen MR) is 124 cm³/mol. The SMILES string of the molecule is O=C(N1CCOCC1)N1CCC(COc2coc(Cn3cc4ccccc4c3)cc2=O)CC1. The van der Waals surface area contributed by atoms with Crippen LogP contribution in [0.25, 0.3) is 10.8 Å². The van der Waals surface area contributed by atoms with Gasteiger partial charge in [-0.05, 0) is 29.5 Å². The van der Waals surface area contributed by atoms with Crippen LogP contribution in [-0.4, -0.2) is 66.4 Å². The number of nitrogens with zero attached hydrogens (tertiary/aromatic N) is 3. The molecule has 2 saturated heterocycles. The molecule has 0 atom stereocenters. The number of hydrogen-bond donors (Lipinski definition) is 0. The van der Waals surface area contributed by atoms with E-state index in [1.165, 1.54) is 12.3 Å². The van der Waals surface area contributed by atoms with Gasteiger partial charge in [-0.25, -0.2) is 4.79 Å². The lowest BCUT2D eigenvalue weighted by Crippen LogP contribution is -2.50. The van der Waals surface area contributed by atoms with Gasteiger partial charge in [0, 0.05) is 44.6 Å². The van der Waals surface area contributed by atoms with E-state index in [-0.39, 0.29) is 17.2 Å². The van der Waals surface area contributed by atoms with Gasteiger partial charge in [0.25, 0.3) is 0 Å². The normalized spacial score (nSPS) is 17.5. The van der Waals surface area contributed by atoms with Crippen molar-refractivity contribution in [2.24, 2.45) is 5.92 Å². The van der Waals surface area contributed by atoms with Crippen molar-refractivity contribution in [2.75, 3.05) is 46.0 Å². The van der Waals surface area contributed by atoms with Crippen molar-refractivity contribution in [3.05, 3.63) is 65.0 Å². The second-order valence-electron chi connectivity index (χ2n) is 8.76. The number of benzene rings is 1. The summed E-state index contributed by atoms with van der Waals surface area (Å²) in [5.41, 5.74) is -0.173. The molecule has 0 radical (unpaired) electrons. The van der Waals surface area contributed by atoms with Crippen molar-refractivity contribution in [3.8, 4) is 5.75 Å². The molecule has 0 saturated carbocycles. The number of hydrogen-bond acceptors (Lipinski definition) is 5. The summed E-state index contributed by atoms with van der Waals surface area (Å²) in [7, 11) is 0. The predicted octanol–water partition coefficient (Wildman–Crippen LogP) is 3.19. The zero-order chi connectivity index (χ0) is 22.6. The fraction of sp³-hybridized carbons (Fsp3) is 0.440. The molecule has 2 fully saturated rings. The molecule has 2 aliphatic rings. The van der Waals surface area contributed by atoms with Crippen molar-refractivity contribution in [3.63, 3.8) is 0 Å². The van der Waals surface area contributed by atoms with Gasteiger partial charge in [-0.1, -0.05) is 24.3 Å². The summed E-state index contributed by atoms with van der Waals surface area (Å²) in [6.07, 6.45) is 7.21. The number of aromatic nitrogens is 1. The summed E-state index contributed by atoms with van der Waals surface area (Å²) >= 11 is 0. The van der Waals surface area contributed by atoms with Gasteiger partial charge in [-0.2, -0.15) is 0 Å². The molecule has 1 aromatic carbocycles. The standard InChI is InChI=1S/C25H29N3O5/c29-23-13-22(16-26-14-20-3-1-2-4-21(20)15-26)32-18-24(23)33-17-19-5-7-27(8-6-19)25(30)28-9-11-31-12-10-28/h1-4,13-15,18-19H,5-12,16-17H2. The van der Waals surface area contributed by atoms with E-state index in [1.54, 1.807) is 0 Å². The Morgan fingerprint density at radius 2 is 1.67 bits per heavy atom. The van der Waals surface area contributed by atoms with Crippen molar-refractivity contribution in [2.45, 2.75) is 19.4 Å². The Labute approximate surface area is 192 Å². The quantitative estimate of drug-likeness (QED) is 0.596. The van der Waals surface area contributed by atoms with E-state index in [4.69, 9.17) is 13.9 Å². The number of likely N-dealkylation sites (tertiary alicyclic amines) is 1. The number of carbonyl (C=O) groups excluding carboxylic acids is 1. The van der Waals surface area contributed by atoms with Gasteiger partial charge in [0.05, 0.1) is 26.4 Å². The molecule has 0 unspecified atom stereocenters. The Bertz CT molecular complexity index is 1120. The molecule has 8 heteroatoms. The number of ether oxygens (including phenoxy) is 2. The summed E-state index contributed by atoms with van der Waals surface area (Å²) in [4.78, 5) is 28.9. The van der Waals surface area contributed by atoms with E-state index in [0.29, 0.717) is 64.2 Å². The van der Waals surface area contributed by atoms with Crippen molar-refractivity contribution < 1.29 is 18.7 Å². The molecule has 2 amide bonds. The summed E-state index contributed by atoms with van der Waals surface area (Å²) in [6, 6.07) is 9.73. The van der Waals surface area contributed by atoms with Crippen molar-refractivity contribution in [1.29, 1.82) is 0 Å². The number of carbonyl (C=O) groups is 1. The highest BCUT2D eigenvalue weighted by Gasteiger charge is 2.27. The summed E-state index contributed by atoms with van der Waals surface area (Å²) < 4.78 is 18.8. The van der Waals surface area contributed by atoms with E-state index >= 15 is 0 Å². The zero-order valence-electron chi connectivity index (χ0n) is 18.7. The number of piperidine rings is 1. The third-order valence-corrected chi connectivity index (χ3v) is 6.44. The molecular weight excluding hydrogens is 422 g/mol. The fourth-order valence-electron chi connectivity index (χ4n) is 4.49. The van der Waals surface area contributed by atoms with E-state index < -0.39 is 0 Å². The van der Waals surface area contributed by atoms with Gasteiger partial charge in [-0.3, -0.25) is 4.79 Å². The molecule has 0 spiro atoms. The molecular formula is C25H29N3O5. The minimum atomic E-state index is -0.173. The fourth-order valence-corrected chi connectivity index (χ4v) is 4.49. The van der Waals surface area contributed by atoms with Gasteiger partial charge in [0.2, 0.25) is 11.2 Å². The van der Waals surface area contributed by atoms with Crippen LogP contribution < -0.4 is 10.2 Å². The molecule has 2 aromatic heterocycles. The van der Waals surface area contributed by atoms with E-state index in [1.807, 2.05) is 38.9 Å².